The van der Waals surface area contributed by atoms with Crippen LogP contribution in [0.15, 0.2) is 22.8 Å². The second-order valence-electron chi connectivity index (χ2n) is 3.26. The number of aryl methyl sites for hydroxylation is 1. The van der Waals surface area contributed by atoms with E-state index in [1.165, 1.54) is 0 Å². The Morgan fingerprint density at radius 3 is 3.13 bits per heavy atom. The number of rotatable bonds is 4. The first-order valence-electron chi connectivity index (χ1n) is 4.80. The van der Waals surface area contributed by atoms with Gasteiger partial charge in [0.25, 0.3) is 0 Å². The van der Waals surface area contributed by atoms with Gasteiger partial charge in [0.2, 0.25) is 0 Å². The third kappa shape index (κ3) is 2.18. The summed E-state index contributed by atoms with van der Waals surface area (Å²) in [5, 5.41) is 8.28. The number of hydrogen-bond donors (Lipinski definition) is 0. The molecule has 0 N–H and O–H groups in total. The fourth-order valence-electron chi connectivity index (χ4n) is 1.48. The van der Waals surface area contributed by atoms with Crippen LogP contribution < -0.4 is 0 Å². The molecule has 0 saturated heterocycles. The Hall–Kier alpha value is -0.940. The van der Waals surface area contributed by atoms with E-state index in [0.717, 1.165) is 35.4 Å². The smallest absolute Gasteiger partial charge is 0.175 e. The lowest BCUT2D eigenvalue weighted by atomic mass is 10.3. The van der Waals surface area contributed by atoms with Crippen LogP contribution in [0.2, 0.25) is 0 Å². The molecule has 0 spiro atoms. The Kier molecular flexibility index (Phi) is 3.33. The predicted molar refractivity (Wildman–Crippen MR) is 60.9 cm³/mol. The number of pyridine rings is 1. The molecule has 2 heterocycles. The summed E-state index contributed by atoms with van der Waals surface area (Å²) >= 11 is 3.44. The lowest BCUT2D eigenvalue weighted by Gasteiger charge is -1.99. The fourth-order valence-corrected chi connectivity index (χ4v) is 1.90. The van der Waals surface area contributed by atoms with Gasteiger partial charge < -0.3 is 4.74 Å². The van der Waals surface area contributed by atoms with Crippen LogP contribution >= 0.6 is 15.9 Å². The van der Waals surface area contributed by atoms with E-state index >= 15 is 0 Å². The third-order valence-corrected chi connectivity index (χ3v) is 2.83. The molecule has 0 aliphatic carbocycles. The summed E-state index contributed by atoms with van der Waals surface area (Å²) in [6, 6.07) is 3.93. The number of fused-ring (bicyclic) bond motifs is 1. The van der Waals surface area contributed by atoms with E-state index in [1.807, 2.05) is 22.7 Å². The summed E-state index contributed by atoms with van der Waals surface area (Å²) in [7, 11) is 1.71. The van der Waals surface area contributed by atoms with E-state index in [-0.39, 0.29) is 0 Å². The molecule has 0 unspecified atom stereocenters. The maximum Gasteiger partial charge on any atom is 0.175 e. The molecule has 80 valence electrons. The minimum Gasteiger partial charge on any atom is -0.385 e. The van der Waals surface area contributed by atoms with E-state index < -0.39 is 0 Å². The summed E-state index contributed by atoms with van der Waals surface area (Å²) in [4.78, 5) is 0. The van der Waals surface area contributed by atoms with Crippen molar-refractivity contribution in [2.24, 2.45) is 0 Å². The van der Waals surface area contributed by atoms with Gasteiger partial charge in [-0.05, 0) is 34.5 Å². The number of aromatic nitrogens is 3. The summed E-state index contributed by atoms with van der Waals surface area (Å²) in [5.74, 6) is 0.975. The molecular formula is C10H12BrN3O. The van der Waals surface area contributed by atoms with Crippen LogP contribution in [0.25, 0.3) is 5.65 Å². The average molecular weight is 270 g/mol. The summed E-state index contributed by atoms with van der Waals surface area (Å²) in [5.41, 5.74) is 0.866. The van der Waals surface area contributed by atoms with Gasteiger partial charge in [0, 0.05) is 26.3 Å². The second kappa shape index (κ2) is 4.72. The molecule has 0 radical (unpaired) electrons. The molecule has 5 heteroatoms. The van der Waals surface area contributed by atoms with Gasteiger partial charge in [0.1, 0.15) is 5.82 Å². The predicted octanol–water partition coefficient (Wildman–Crippen LogP) is 2.07. The molecule has 0 aromatic carbocycles. The fraction of sp³-hybridized carbons (Fsp3) is 0.400. The van der Waals surface area contributed by atoms with Crippen LogP contribution in [0, 0.1) is 0 Å². The zero-order chi connectivity index (χ0) is 10.7. The Labute approximate surface area is 96.4 Å². The molecule has 0 fully saturated rings. The van der Waals surface area contributed by atoms with Crippen molar-refractivity contribution in [3.8, 4) is 0 Å². The summed E-state index contributed by atoms with van der Waals surface area (Å²) in [6.07, 6.45) is 3.82. The van der Waals surface area contributed by atoms with Crippen LogP contribution in [0.3, 0.4) is 0 Å². The molecule has 0 saturated carbocycles. The van der Waals surface area contributed by atoms with Crippen molar-refractivity contribution in [1.29, 1.82) is 0 Å². The van der Waals surface area contributed by atoms with Crippen molar-refractivity contribution >= 4 is 21.6 Å². The molecule has 0 atom stereocenters. The molecule has 0 aliphatic rings. The maximum atomic E-state index is 5.01. The third-order valence-electron chi connectivity index (χ3n) is 2.21. The SMILES string of the molecule is COCCCc1nnc2c(Br)cccn12. The first kappa shape index (κ1) is 10.6. The average Bonchev–Trinajstić information content (AvgIpc) is 2.64. The molecule has 0 amide bonds. The lowest BCUT2D eigenvalue weighted by Crippen LogP contribution is -1.98. The molecule has 2 rings (SSSR count). The summed E-state index contributed by atoms with van der Waals surface area (Å²) < 4.78 is 7.98. The highest BCUT2D eigenvalue weighted by atomic mass is 79.9. The van der Waals surface area contributed by atoms with E-state index in [0.29, 0.717) is 0 Å². The molecule has 2 aromatic rings. The molecule has 4 nitrogen and oxygen atoms in total. The largest absolute Gasteiger partial charge is 0.385 e. The maximum absolute atomic E-state index is 5.01. The molecule has 0 bridgehead atoms. The van der Waals surface area contributed by atoms with Crippen molar-refractivity contribution in [2.75, 3.05) is 13.7 Å². The minimum absolute atomic E-state index is 0.753. The van der Waals surface area contributed by atoms with Gasteiger partial charge in [-0.3, -0.25) is 4.40 Å². The highest BCUT2D eigenvalue weighted by Gasteiger charge is 2.06. The van der Waals surface area contributed by atoms with Crippen LogP contribution in [0.4, 0.5) is 0 Å². The zero-order valence-corrected chi connectivity index (χ0v) is 10.1. The van der Waals surface area contributed by atoms with Gasteiger partial charge in [-0.25, -0.2) is 0 Å². The normalized spacial score (nSPS) is 11.1. The Morgan fingerprint density at radius 2 is 2.33 bits per heavy atom. The quantitative estimate of drug-likeness (QED) is 0.798. The monoisotopic (exact) mass is 269 g/mol. The summed E-state index contributed by atoms with van der Waals surface area (Å²) in [6.45, 7) is 0.753. The van der Waals surface area contributed by atoms with Crippen molar-refractivity contribution in [3.63, 3.8) is 0 Å². The first-order chi connectivity index (χ1) is 7.33. The van der Waals surface area contributed by atoms with Gasteiger partial charge in [0.15, 0.2) is 5.65 Å². The van der Waals surface area contributed by atoms with Crippen LogP contribution in [-0.4, -0.2) is 28.3 Å². The van der Waals surface area contributed by atoms with E-state index in [1.54, 1.807) is 7.11 Å². The van der Waals surface area contributed by atoms with Gasteiger partial charge in [0.05, 0.1) is 4.47 Å². The molecule has 15 heavy (non-hydrogen) atoms. The van der Waals surface area contributed by atoms with Crippen molar-refractivity contribution in [3.05, 3.63) is 28.6 Å². The second-order valence-corrected chi connectivity index (χ2v) is 4.12. The van der Waals surface area contributed by atoms with Crippen molar-refractivity contribution in [1.82, 2.24) is 14.6 Å². The van der Waals surface area contributed by atoms with Gasteiger partial charge >= 0.3 is 0 Å². The highest BCUT2D eigenvalue weighted by molar-refractivity contribution is 9.10. The Balaban J connectivity index is 2.25. The van der Waals surface area contributed by atoms with Crippen molar-refractivity contribution in [2.45, 2.75) is 12.8 Å². The van der Waals surface area contributed by atoms with Gasteiger partial charge in [-0.15, -0.1) is 10.2 Å². The minimum atomic E-state index is 0.753. The molecule has 2 aromatic heterocycles. The van der Waals surface area contributed by atoms with E-state index in [2.05, 4.69) is 26.1 Å². The molecular weight excluding hydrogens is 258 g/mol. The van der Waals surface area contributed by atoms with E-state index in [9.17, 15) is 0 Å². The zero-order valence-electron chi connectivity index (χ0n) is 8.48. The standard InChI is InChI=1S/C10H12BrN3O/c1-15-7-3-5-9-12-13-10-8(11)4-2-6-14(9)10/h2,4,6H,3,5,7H2,1H3. The first-order valence-corrected chi connectivity index (χ1v) is 5.59. The number of hydrogen-bond acceptors (Lipinski definition) is 3. The topological polar surface area (TPSA) is 39.4 Å². The number of methoxy groups -OCH3 is 1. The van der Waals surface area contributed by atoms with Gasteiger partial charge in [-0.2, -0.15) is 0 Å². The van der Waals surface area contributed by atoms with Crippen LogP contribution in [0.5, 0.6) is 0 Å². The Morgan fingerprint density at radius 1 is 1.47 bits per heavy atom. The van der Waals surface area contributed by atoms with Crippen molar-refractivity contribution < 1.29 is 4.74 Å². The van der Waals surface area contributed by atoms with Gasteiger partial charge in [-0.1, -0.05) is 0 Å². The highest BCUT2D eigenvalue weighted by Crippen LogP contribution is 2.16. The lowest BCUT2D eigenvalue weighted by molar-refractivity contribution is 0.194. The molecule has 0 aliphatic heterocycles. The number of ether oxygens (including phenoxy) is 1. The number of halogens is 1. The van der Waals surface area contributed by atoms with E-state index in [4.69, 9.17) is 4.74 Å². The Bertz CT molecular complexity index is 455. The van der Waals surface area contributed by atoms with Crippen LogP contribution in [0.1, 0.15) is 12.2 Å². The number of nitrogens with zero attached hydrogens (tertiary/aromatic N) is 3. The van der Waals surface area contributed by atoms with Crippen LogP contribution in [-0.2, 0) is 11.2 Å².